The number of nitrogens with zero attached hydrogens (tertiary/aromatic N) is 3. The lowest BCUT2D eigenvalue weighted by atomic mass is 10.0. The minimum atomic E-state index is -0.0376. The van der Waals surface area contributed by atoms with Gasteiger partial charge < -0.3 is 4.90 Å². The summed E-state index contributed by atoms with van der Waals surface area (Å²) < 4.78 is 1.65. The number of amides is 1. The first-order chi connectivity index (χ1) is 11.6. The highest BCUT2D eigenvalue weighted by molar-refractivity contribution is 7.99. The Morgan fingerprint density at radius 1 is 1.33 bits per heavy atom. The molecule has 1 fully saturated rings. The molecule has 2 heterocycles. The van der Waals surface area contributed by atoms with Gasteiger partial charge in [-0.2, -0.15) is 0 Å². The fourth-order valence-electron chi connectivity index (χ4n) is 3.21. The van der Waals surface area contributed by atoms with Crippen molar-refractivity contribution in [2.24, 2.45) is 0 Å². The van der Waals surface area contributed by atoms with Gasteiger partial charge in [-0.1, -0.05) is 23.9 Å². The van der Waals surface area contributed by atoms with Gasteiger partial charge in [0.2, 0.25) is 5.91 Å². The summed E-state index contributed by atoms with van der Waals surface area (Å²) in [6.45, 7) is 5.42. The van der Waals surface area contributed by atoms with Crippen molar-refractivity contribution in [3.8, 4) is 0 Å². The molecule has 0 bridgehead atoms. The van der Waals surface area contributed by atoms with Crippen molar-refractivity contribution in [2.45, 2.75) is 50.9 Å². The van der Waals surface area contributed by atoms with E-state index >= 15 is 0 Å². The highest BCUT2D eigenvalue weighted by Gasteiger charge is 2.23. The van der Waals surface area contributed by atoms with Gasteiger partial charge in [-0.05, 0) is 45.2 Å². The van der Waals surface area contributed by atoms with Gasteiger partial charge in [0.15, 0.2) is 5.16 Å². The van der Waals surface area contributed by atoms with Crippen LogP contribution >= 0.6 is 11.8 Å². The number of fused-ring (bicyclic) bond motifs is 1. The van der Waals surface area contributed by atoms with Crippen LogP contribution in [0.15, 0.2) is 34.2 Å². The van der Waals surface area contributed by atoms with Crippen molar-refractivity contribution in [1.82, 2.24) is 14.5 Å². The highest BCUT2D eigenvalue weighted by Crippen LogP contribution is 2.21. The summed E-state index contributed by atoms with van der Waals surface area (Å²) in [5.41, 5.74) is 0.651. The van der Waals surface area contributed by atoms with Crippen LogP contribution in [-0.2, 0) is 11.3 Å². The average Bonchev–Trinajstić information content (AvgIpc) is 2.60. The van der Waals surface area contributed by atoms with Crippen molar-refractivity contribution < 1.29 is 4.79 Å². The summed E-state index contributed by atoms with van der Waals surface area (Å²) in [6.07, 6.45) is 3.35. The largest absolute Gasteiger partial charge is 0.339 e. The number of hydrogen-bond donors (Lipinski definition) is 0. The summed E-state index contributed by atoms with van der Waals surface area (Å²) in [7, 11) is 0. The molecule has 1 aliphatic heterocycles. The number of thioether (sulfide) groups is 1. The Morgan fingerprint density at radius 2 is 2.12 bits per heavy atom. The molecule has 128 valence electrons. The quantitative estimate of drug-likeness (QED) is 0.631. The van der Waals surface area contributed by atoms with Gasteiger partial charge in [0.25, 0.3) is 5.56 Å². The molecule has 6 heteroatoms. The molecule has 1 aliphatic rings. The second kappa shape index (κ2) is 7.38. The molecular formula is C18H23N3O2S. The predicted molar refractivity (Wildman–Crippen MR) is 97.4 cm³/mol. The van der Waals surface area contributed by atoms with Gasteiger partial charge in [0, 0.05) is 19.1 Å². The van der Waals surface area contributed by atoms with Gasteiger partial charge in [-0.3, -0.25) is 14.2 Å². The molecule has 0 aliphatic carbocycles. The second-order valence-electron chi connectivity index (χ2n) is 6.18. The zero-order valence-corrected chi connectivity index (χ0v) is 15.0. The Morgan fingerprint density at radius 3 is 2.88 bits per heavy atom. The van der Waals surface area contributed by atoms with Gasteiger partial charge in [-0.15, -0.1) is 0 Å². The number of benzene rings is 1. The molecule has 24 heavy (non-hydrogen) atoms. The van der Waals surface area contributed by atoms with E-state index in [1.54, 1.807) is 10.6 Å². The van der Waals surface area contributed by atoms with E-state index in [2.05, 4.69) is 11.9 Å². The predicted octanol–water partition coefficient (Wildman–Crippen LogP) is 2.91. The third-order valence-corrected chi connectivity index (χ3v) is 5.55. The van der Waals surface area contributed by atoms with Crippen LogP contribution in [0.1, 0.15) is 33.1 Å². The van der Waals surface area contributed by atoms with E-state index in [0.29, 0.717) is 34.4 Å². The van der Waals surface area contributed by atoms with Gasteiger partial charge in [-0.25, -0.2) is 4.98 Å². The lowest BCUT2D eigenvalue weighted by Gasteiger charge is -2.33. The maximum absolute atomic E-state index is 12.6. The van der Waals surface area contributed by atoms with Crippen LogP contribution in [0.3, 0.4) is 0 Å². The molecule has 1 atom stereocenters. The Hall–Kier alpha value is -1.82. The lowest BCUT2D eigenvalue weighted by molar-refractivity contribution is -0.131. The third-order valence-electron chi connectivity index (χ3n) is 4.59. The van der Waals surface area contributed by atoms with Crippen LogP contribution in [0.4, 0.5) is 0 Å². The molecule has 1 aromatic carbocycles. The maximum Gasteiger partial charge on any atom is 0.262 e. The summed E-state index contributed by atoms with van der Waals surface area (Å²) in [6, 6.07) is 7.67. The van der Waals surface area contributed by atoms with Crippen molar-refractivity contribution in [1.29, 1.82) is 0 Å². The first kappa shape index (κ1) is 17.0. The van der Waals surface area contributed by atoms with Crippen molar-refractivity contribution in [2.75, 3.05) is 12.3 Å². The number of rotatable bonds is 4. The zero-order chi connectivity index (χ0) is 17.1. The van der Waals surface area contributed by atoms with Crippen molar-refractivity contribution in [3.63, 3.8) is 0 Å². The number of piperidine rings is 1. The van der Waals surface area contributed by atoms with E-state index in [1.807, 2.05) is 30.0 Å². The Kier molecular flexibility index (Phi) is 5.23. The molecular weight excluding hydrogens is 322 g/mol. The number of carbonyl (C=O) groups excluding carboxylic acids is 1. The Bertz CT molecular complexity index is 802. The fraction of sp³-hybridized carbons (Fsp3) is 0.500. The molecule has 3 rings (SSSR count). The van der Waals surface area contributed by atoms with E-state index in [1.165, 1.54) is 18.2 Å². The summed E-state index contributed by atoms with van der Waals surface area (Å²) in [5, 5.41) is 1.25. The van der Waals surface area contributed by atoms with Crippen LogP contribution in [-0.4, -0.2) is 38.7 Å². The topological polar surface area (TPSA) is 55.2 Å². The fourth-order valence-corrected chi connectivity index (χ4v) is 4.16. The number of likely N-dealkylation sites (tertiary alicyclic amines) is 1. The normalized spacial score (nSPS) is 18.1. The van der Waals surface area contributed by atoms with Crippen LogP contribution < -0.4 is 5.56 Å². The molecule has 5 nitrogen and oxygen atoms in total. The minimum Gasteiger partial charge on any atom is -0.339 e. The van der Waals surface area contributed by atoms with Crippen LogP contribution in [0.25, 0.3) is 10.9 Å². The van der Waals surface area contributed by atoms with Gasteiger partial charge in [0.1, 0.15) is 0 Å². The highest BCUT2D eigenvalue weighted by atomic mass is 32.2. The molecule has 0 N–H and O–H groups in total. The summed E-state index contributed by atoms with van der Waals surface area (Å²) in [5.74, 6) is 0.465. The Labute approximate surface area is 146 Å². The summed E-state index contributed by atoms with van der Waals surface area (Å²) in [4.78, 5) is 31.7. The van der Waals surface area contributed by atoms with E-state index < -0.39 is 0 Å². The van der Waals surface area contributed by atoms with Crippen molar-refractivity contribution >= 4 is 28.6 Å². The first-order valence-corrected chi connectivity index (χ1v) is 9.52. The van der Waals surface area contributed by atoms with E-state index in [-0.39, 0.29) is 11.5 Å². The van der Waals surface area contributed by atoms with Crippen LogP contribution in [0.2, 0.25) is 0 Å². The van der Waals surface area contributed by atoms with Crippen LogP contribution in [0, 0.1) is 0 Å². The molecule has 2 aromatic rings. The van der Waals surface area contributed by atoms with Crippen LogP contribution in [0.5, 0.6) is 0 Å². The van der Waals surface area contributed by atoms with Gasteiger partial charge >= 0.3 is 0 Å². The second-order valence-corrected chi connectivity index (χ2v) is 7.12. The minimum absolute atomic E-state index is 0.0376. The van der Waals surface area contributed by atoms with Gasteiger partial charge in [0.05, 0.1) is 16.7 Å². The number of aromatic nitrogens is 2. The molecule has 0 radical (unpaired) electrons. The lowest BCUT2D eigenvalue weighted by Crippen LogP contribution is -2.43. The van der Waals surface area contributed by atoms with E-state index in [4.69, 9.17) is 0 Å². The molecule has 1 unspecified atom stereocenters. The smallest absolute Gasteiger partial charge is 0.262 e. The molecule has 0 spiro atoms. The van der Waals surface area contributed by atoms with E-state index in [0.717, 1.165) is 19.4 Å². The molecule has 0 saturated carbocycles. The SMILES string of the molecule is CCn1c(SCC(=O)N2CCCCC2C)nc2ccccc2c1=O. The summed E-state index contributed by atoms with van der Waals surface area (Å²) >= 11 is 1.37. The molecule has 1 amide bonds. The Balaban J connectivity index is 1.82. The average molecular weight is 345 g/mol. The standard InChI is InChI=1S/C18H23N3O2S/c1-3-20-17(23)14-9-4-5-10-15(14)19-18(20)24-12-16(22)21-11-7-6-8-13(21)2/h4-5,9-10,13H,3,6-8,11-12H2,1-2H3. The molecule has 1 aromatic heterocycles. The number of carbonyl (C=O) groups is 1. The molecule has 1 saturated heterocycles. The third kappa shape index (κ3) is 3.34. The van der Waals surface area contributed by atoms with E-state index in [9.17, 15) is 9.59 Å². The monoisotopic (exact) mass is 345 g/mol. The first-order valence-electron chi connectivity index (χ1n) is 8.53. The number of para-hydroxylation sites is 1. The maximum atomic E-state index is 12.6. The zero-order valence-electron chi connectivity index (χ0n) is 14.2. The number of hydrogen-bond acceptors (Lipinski definition) is 4. The van der Waals surface area contributed by atoms with Crippen molar-refractivity contribution in [3.05, 3.63) is 34.6 Å².